The second-order valence-corrected chi connectivity index (χ2v) is 6.99. The van der Waals surface area contributed by atoms with Crippen LogP contribution in [0.25, 0.3) is 0 Å². The SMILES string of the molecule is CCNC(=O)CN(CC)Cc1csc(N(C(C)=O)c2cccc(Cl)c2)n1. The summed E-state index contributed by atoms with van der Waals surface area (Å²) in [6.07, 6.45) is 0. The molecule has 1 heterocycles. The molecule has 0 aliphatic rings. The van der Waals surface area contributed by atoms with Crippen LogP contribution >= 0.6 is 22.9 Å². The van der Waals surface area contributed by atoms with Gasteiger partial charge in [0, 0.05) is 30.4 Å². The lowest BCUT2D eigenvalue weighted by Gasteiger charge is -2.19. The van der Waals surface area contributed by atoms with Gasteiger partial charge in [0.2, 0.25) is 11.8 Å². The molecule has 1 aromatic carbocycles. The normalized spacial score (nSPS) is 10.8. The highest BCUT2D eigenvalue weighted by molar-refractivity contribution is 7.14. The number of rotatable bonds is 8. The summed E-state index contributed by atoms with van der Waals surface area (Å²) in [5.74, 6) is -0.142. The van der Waals surface area contributed by atoms with Crippen LogP contribution in [0.2, 0.25) is 5.02 Å². The van der Waals surface area contributed by atoms with Crippen LogP contribution in [-0.2, 0) is 16.1 Å². The van der Waals surface area contributed by atoms with E-state index < -0.39 is 0 Å². The van der Waals surface area contributed by atoms with Crippen LogP contribution in [0, 0.1) is 0 Å². The minimum Gasteiger partial charge on any atom is -0.355 e. The van der Waals surface area contributed by atoms with E-state index in [1.807, 2.05) is 30.2 Å². The standard InChI is InChI=1S/C18H23ClN4O2S/c1-4-20-17(25)11-22(5-2)10-15-12-26-18(21-15)23(13(3)24)16-8-6-7-14(19)9-16/h6-9,12H,4-5,10-11H2,1-3H3,(H,20,25). The zero-order valence-electron chi connectivity index (χ0n) is 15.2. The van der Waals surface area contributed by atoms with E-state index in [4.69, 9.17) is 11.6 Å². The van der Waals surface area contributed by atoms with Crippen molar-refractivity contribution in [2.24, 2.45) is 0 Å². The Labute approximate surface area is 162 Å². The van der Waals surface area contributed by atoms with Crippen LogP contribution in [0.3, 0.4) is 0 Å². The average Bonchev–Trinajstić information content (AvgIpc) is 3.02. The van der Waals surface area contributed by atoms with Crippen LogP contribution in [-0.4, -0.2) is 41.3 Å². The first-order chi connectivity index (χ1) is 12.4. The predicted molar refractivity (Wildman–Crippen MR) is 106 cm³/mol. The highest BCUT2D eigenvalue weighted by atomic mass is 35.5. The summed E-state index contributed by atoms with van der Waals surface area (Å²) < 4.78 is 0. The van der Waals surface area contributed by atoms with Gasteiger partial charge in [0.05, 0.1) is 17.9 Å². The lowest BCUT2D eigenvalue weighted by molar-refractivity contribution is -0.122. The number of benzene rings is 1. The van der Waals surface area contributed by atoms with Gasteiger partial charge in [-0.15, -0.1) is 11.3 Å². The Bertz CT molecular complexity index is 765. The molecule has 6 nitrogen and oxygen atoms in total. The largest absolute Gasteiger partial charge is 0.355 e. The second-order valence-electron chi connectivity index (χ2n) is 5.71. The number of nitrogens with one attached hydrogen (secondary N) is 1. The number of nitrogens with zero attached hydrogens (tertiary/aromatic N) is 3. The van der Waals surface area contributed by atoms with Crippen LogP contribution < -0.4 is 10.2 Å². The first-order valence-electron chi connectivity index (χ1n) is 8.44. The number of hydrogen-bond donors (Lipinski definition) is 1. The molecule has 26 heavy (non-hydrogen) atoms. The number of amides is 2. The van der Waals surface area contributed by atoms with Crippen molar-refractivity contribution in [1.29, 1.82) is 0 Å². The molecule has 0 radical (unpaired) electrons. The van der Waals surface area contributed by atoms with E-state index in [0.29, 0.717) is 35.5 Å². The van der Waals surface area contributed by atoms with Gasteiger partial charge in [-0.25, -0.2) is 4.98 Å². The summed E-state index contributed by atoms with van der Waals surface area (Å²) >= 11 is 7.44. The Morgan fingerprint density at radius 3 is 2.69 bits per heavy atom. The molecule has 0 atom stereocenters. The van der Waals surface area contributed by atoms with E-state index in [1.165, 1.54) is 18.3 Å². The highest BCUT2D eigenvalue weighted by Crippen LogP contribution is 2.30. The summed E-state index contributed by atoms with van der Waals surface area (Å²) in [7, 11) is 0. The van der Waals surface area contributed by atoms with Crippen molar-refractivity contribution in [3.63, 3.8) is 0 Å². The molecule has 0 aliphatic carbocycles. The molecule has 0 saturated carbocycles. The van der Waals surface area contributed by atoms with Crippen molar-refractivity contribution >= 4 is 45.6 Å². The Morgan fingerprint density at radius 2 is 2.08 bits per heavy atom. The molecule has 0 saturated heterocycles. The zero-order chi connectivity index (χ0) is 19.1. The summed E-state index contributed by atoms with van der Waals surface area (Å²) in [5, 5.41) is 5.86. The molecule has 0 aliphatic heterocycles. The monoisotopic (exact) mass is 394 g/mol. The molecule has 1 N–H and O–H groups in total. The van der Waals surface area contributed by atoms with Crippen LogP contribution in [0.4, 0.5) is 10.8 Å². The van der Waals surface area contributed by atoms with Crippen molar-refractivity contribution in [3.05, 3.63) is 40.4 Å². The highest BCUT2D eigenvalue weighted by Gasteiger charge is 2.19. The van der Waals surface area contributed by atoms with Gasteiger partial charge in [-0.2, -0.15) is 0 Å². The summed E-state index contributed by atoms with van der Waals surface area (Å²) in [4.78, 5) is 32.1. The lowest BCUT2D eigenvalue weighted by atomic mass is 10.3. The minimum atomic E-state index is -0.136. The number of anilines is 2. The van der Waals surface area contributed by atoms with Gasteiger partial charge in [-0.1, -0.05) is 24.6 Å². The maximum atomic E-state index is 12.1. The third-order valence-electron chi connectivity index (χ3n) is 3.69. The molecule has 2 amide bonds. The molecule has 0 bridgehead atoms. The molecule has 2 aromatic rings. The predicted octanol–water partition coefficient (Wildman–Crippen LogP) is 3.44. The first-order valence-corrected chi connectivity index (χ1v) is 9.70. The summed E-state index contributed by atoms with van der Waals surface area (Å²) in [5.41, 5.74) is 1.50. The molecule has 0 spiro atoms. The number of thiazole rings is 1. The van der Waals surface area contributed by atoms with Gasteiger partial charge < -0.3 is 5.32 Å². The van der Waals surface area contributed by atoms with Crippen molar-refractivity contribution < 1.29 is 9.59 Å². The number of likely N-dealkylation sites (N-methyl/N-ethyl adjacent to an activating group) is 2. The van der Waals surface area contributed by atoms with Gasteiger partial charge in [-0.3, -0.25) is 19.4 Å². The summed E-state index contributed by atoms with van der Waals surface area (Å²) in [6.45, 7) is 7.61. The maximum Gasteiger partial charge on any atom is 0.234 e. The van der Waals surface area contributed by atoms with E-state index in [-0.39, 0.29) is 11.8 Å². The lowest BCUT2D eigenvalue weighted by Crippen LogP contribution is -2.36. The molecule has 8 heteroatoms. The number of hydrogen-bond acceptors (Lipinski definition) is 5. The number of halogens is 1. The molecule has 140 valence electrons. The molecule has 2 rings (SSSR count). The smallest absolute Gasteiger partial charge is 0.234 e. The van der Waals surface area contributed by atoms with Gasteiger partial charge in [0.25, 0.3) is 0 Å². The molecule has 1 aromatic heterocycles. The van der Waals surface area contributed by atoms with Gasteiger partial charge in [0.15, 0.2) is 5.13 Å². The van der Waals surface area contributed by atoms with Crippen molar-refractivity contribution in [3.8, 4) is 0 Å². The Hall–Kier alpha value is -1.96. The Balaban J connectivity index is 2.15. The first kappa shape index (κ1) is 20.4. The van der Waals surface area contributed by atoms with E-state index >= 15 is 0 Å². The fourth-order valence-electron chi connectivity index (χ4n) is 2.48. The number of carbonyl (C=O) groups excluding carboxylic acids is 2. The minimum absolute atomic E-state index is 0.00547. The number of carbonyl (C=O) groups is 2. The molecular formula is C18H23ClN4O2S. The van der Waals surface area contributed by atoms with Crippen LogP contribution in [0.1, 0.15) is 26.5 Å². The third kappa shape index (κ3) is 5.52. The fraction of sp³-hybridized carbons (Fsp3) is 0.389. The number of aromatic nitrogens is 1. The van der Waals surface area contributed by atoms with Crippen molar-refractivity contribution in [2.45, 2.75) is 27.3 Å². The fourth-order valence-corrected chi connectivity index (χ4v) is 3.54. The van der Waals surface area contributed by atoms with Gasteiger partial charge >= 0.3 is 0 Å². The second kappa shape index (κ2) is 9.66. The van der Waals surface area contributed by atoms with E-state index in [2.05, 4.69) is 10.3 Å². The topological polar surface area (TPSA) is 65.5 Å². The van der Waals surface area contributed by atoms with E-state index in [0.717, 1.165) is 12.2 Å². The molecular weight excluding hydrogens is 372 g/mol. The summed E-state index contributed by atoms with van der Waals surface area (Å²) in [6, 6.07) is 7.11. The Kier molecular flexibility index (Phi) is 7.56. The van der Waals surface area contributed by atoms with Crippen LogP contribution in [0.5, 0.6) is 0 Å². The van der Waals surface area contributed by atoms with Gasteiger partial charge in [0.1, 0.15) is 0 Å². The average molecular weight is 395 g/mol. The zero-order valence-corrected chi connectivity index (χ0v) is 16.7. The van der Waals surface area contributed by atoms with Crippen molar-refractivity contribution in [2.75, 3.05) is 24.5 Å². The van der Waals surface area contributed by atoms with Crippen LogP contribution in [0.15, 0.2) is 29.6 Å². The Morgan fingerprint density at radius 1 is 1.31 bits per heavy atom. The van der Waals surface area contributed by atoms with Gasteiger partial charge in [-0.05, 0) is 31.7 Å². The maximum absolute atomic E-state index is 12.1. The molecule has 0 fully saturated rings. The molecule has 0 unspecified atom stereocenters. The van der Waals surface area contributed by atoms with E-state index in [9.17, 15) is 9.59 Å². The van der Waals surface area contributed by atoms with Crippen molar-refractivity contribution in [1.82, 2.24) is 15.2 Å². The quantitative estimate of drug-likeness (QED) is 0.744. The van der Waals surface area contributed by atoms with E-state index in [1.54, 1.807) is 23.1 Å². The third-order valence-corrected chi connectivity index (χ3v) is 4.80.